The van der Waals surface area contributed by atoms with Gasteiger partial charge in [-0.25, -0.2) is 0 Å². The molecular formula is C19H21NO2. The Morgan fingerprint density at radius 1 is 1.09 bits per heavy atom. The maximum Gasteiger partial charge on any atom is 0.194 e. The second-order valence-electron chi connectivity index (χ2n) is 7.25. The lowest BCUT2D eigenvalue weighted by atomic mass is 9.76. The van der Waals surface area contributed by atoms with Crippen molar-refractivity contribution < 1.29 is 9.59 Å². The van der Waals surface area contributed by atoms with Crippen LogP contribution in [0.4, 0.5) is 0 Å². The zero-order chi connectivity index (χ0) is 16.0. The smallest absolute Gasteiger partial charge is 0.194 e. The van der Waals surface area contributed by atoms with E-state index in [-0.39, 0.29) is 17.0 Å². The molecule has 0 unspecified atom stereocenters. The number of carbonyl (C=O) groups excluding carboxylic acids is 2. The van der Waals surface area contributed by atoms with Gasteiger partial charge < -0.3 is 4.98 Å². The van der Waals surface area contributed by atoms with Crippen molar-refractivity contribution in [1.82, 2.24) is 4.98 Å². The molecule has 1 aliphatic rings. The molecule has 0 bridgehead atoms. The summed E-state index contributed by atoms with van der Waals surface area (Å²) in [5, 5.41) is 0. The molecular weight excluding hydrogens is 274 g/mol. The lowest BCUT2D eigenvalue weighted by Crippen LogP contribution is -2.28. The molecule has 1 atom stereocenters. The molecule has 22 heavy (non-hydrogen) atoms. The first-order valence-electron chi connectivity index (χ1n) is 7.64. The summed E-state index contributed by atoms with van der Waals surface area (Å²) in [6.07, 6.45) is 4.86. The minimum Gasteiger partial charge on any atom is -0.367 e. The van der Waals surface area contributed by atoms with Gasteiger partial charge >= 0.3 is 0 Å². The van der Waals surface area contributed by atoms with Crippen LogP contribution in [-0.2, 0) is 10.2 Å². The molecule has 0 radical (unpaired) electrons. The zero-order valence-electron chi connectivity index (χ0n) is 13.3. The number of rotatable bonds is 3. The standard InChI is InChI=1S/C19H21NO2/c1-18(2)9-16(21)19(3,12-18)15-11-20-10-14(15)17(22)13-7-5-4-6-8-13/h4-8,10-11,20H,9,12H2,1-3H3/t19-/m0/s1. The van der Waals surface area contributed by atoms with E-state index >= 15 is 0 Å². The van der Waals surface area contributed by atoms with Crippen LogP contribution in [0.25, 0.3) is 0 Å². The summed E-state index contributed by atoms with van der Waals surface area (Å²) in [6.45, 7) is 6.19. The van der Waals surface area contributed by atoms with E-state index in [0.29, 0.717) is 17.5 Å². The molecule has 1 aromatic carbocycles. The van der Waals surface area contributed by atoms with Crippen LogP contribution in [0.2, 0.25) is 0 Å². The van der Waals surface area contributed by atoms with Crippen LogP contribution in [-0.4, -0.2) is 16.6 Å². The Bertz CT molecular complexity index is 727. The summed E-state index contributed by atoms with van der Waals surface area (Å²) in [6, 6.07) is 9.21. The van der Waals surface area contributed by atoms with Crippen LogP contribution in [0.5, 0.6) is 0 Å². The lowest BCUT2D eigenvalue weighted by Gasteiger charge is -2.25. The van der Waals surface area contributed by atoms with Gasteiger partial charge in [-0.15, -0.1) is 0 Å². The van der Waals surface area contributed by atoms with Gasteiger partial charge in [-0.2, -0.15) is 0 Å². The largest absolute Gasteiger partial charge is 0.367 e. The lowest BCUT2D eigenvalue weighted by molar-refractivity contribution is -0.121. The second kappa shape index (κ2) is 4.94. The molecule has 1 aromatic heterocycles. The molecule has 1 fully saturated rings. The molecule has 0 amide bonds. The van der Waals surface area contributed by atoms with Crippen molar-refractivity contribution in [3.05, 3.63) is 59.4 Å². The summed E-state index contributed by atoms with van der Waals surface area (Å²) >= 11 is 0. The van der Waals surface area contributed by atoms with Crippen LogP contribution in [0.15, 0.2) is 42.7 Å². The third-order valence-corrected chi connectivity index (χ3v) is 4.71. The monoisotopic (exact) mass is 295 g/mol. The van der Waals surface area contributed by atoms with Gasteiger partial charge in [-0.1, -0.05) is 44.2 Å². The number of H-pyrrole nitrogens is 1. The third kappa shape index (κ3) is 2.31. The quantitative estimate of drug-likeness (QED) is 0.873. The van der Waals surface area contributed by atoms with Crippen molar-refractivity contribution in [1.29, 1.82) is 0 Å². The fourth-order valence-electron chi connectivity index (χ4n) is 3.75. The number of hydrogen-bond acceptors (Lipinski definition) is 2. The average Bonchev–Trinajstić information content (AvgIpc) is 3.03. The van der Waals surface area contributed by atoms with Gasteiger partial charge in [0.2, 0.25) is 0 Å². The van der Waals surface area contributed by atoms with Crippen LogP contribution in [0, 0.1) is 5.41 Å². The second-order valence-corrected chi connectivity index (χ2v) is 7.25. The van der Waals surface area contributed by atoms with Crippen LogP contribution in [0.3, 0.4) is 0 Å². The van der Waals surface area contributed by atoms with Crippen molar-refractivity contribution >= 4 is 11.6 Å². The number of Topliss-reactive ketones (excluding diaryl/α,β-unsaturated/α-hetero) is 1. The summed E-state index contributed by atoms with van der Waals surface area (Å²) in [7, 11) is 0. The predicted molar refractivity (Wildman–Crippen MR) is 86.0 cm³/mol. The van der Waals surface area contributed by atoms with Gasteiger partial charge in [-0.3, -0.25) is 9.59 Å². The maximum atomic E-state index is 12.8. The number of carbonyl (C=O) groups is 2. The third-order valence-electron chi connectivity index (χ3n) is 4.71. The molecule has 0 spiro atoms. The molecule has 0 aliphatic heterocycles. The molecule has 2 aromatic rings. The molecule has 3 rings (SSSR count). The van der Waals surface area contributed by atoms with Crippen LogP contribution >= 0.6 is 0 Å². The summed E-state index contributed by atoms with van der Waals surface area (Å²) in [5.74, 6) is 0.190. The highest BCUT2D eigenvalue weighted by Gasteiger charge is 2.49. The minimum atomic E-state index is -0.580. The highest BCUT2D eigenvalue weighted by Crippen LogP contribution is 2.48. The first-order chi connectivity index (χ1) is 10.3. The highest BCUT2D eigenvalue weighted by atomic mass is 16.1. The zero-order valence-corrected chi connectivity index (χ0v) is 13.3. The van der Waals surface area contributed by atoms with Gasteiger partial charge in [0.1, 0.15) is 5.78 Å². The number of aromatic amines is 1. The van der Waals surface area contributed by atoms with E-state index in [4.69, 9.17) is 0 Å². The van der Waals surface area contributed by atoms with E-state index in [9.17, 15) is 9.59 Å². The minimum absolute atomic E-state index is 0.0177. The Kier molecular flexibility index (Phi) is 3.32. The first-order valence-corrected chi connectivity index (χ1v) is 7.64. The van der Waals surface area contributed by atoms with Crippen molar-refractivity contribution in [3.63, 3.8) is 0 Å². The summed E-state index contributed by atoms with van der Waals surface area (Å²) in [5.41, 5.74) is 1.49. The molecule has 3 nitrogen and oxygen atoms in total. The molecule has 0 saturated heterocycles. The number of benzene rings is 1. The van der Waals surface area contributed by atoms with Crippen molar-refractivity contribution in [2.24, 2.45) is 5.41 Å². The fourth-order valence-corrected chi connectivity index (χ4v) is 3.75. The van der Waals surface area contributed by atoms with E-state index in [1.165, 1.54) is 0 Å². The predicted octanol–water partition coefficient (Wildman–Crippen LogP) is 3.89. The van der Waals surface area contributed by atoms with E-state index < -0.39 is 5.41 Å². The molecule has 1 saturated carbocycles. The van der Waals surface area contributed by atoms with Crippen LogP contribution < -0.4 is 0 Å². The number of aromatic nitrogens is 1. The number of nitrogens with one attached hydrogen (secondary N) is 1. The van der Waals surface area contributed by atoms with E-state index in [1.807, 2.05) is 43.5 Å². The Morgan fingerprint density at radius 3 is 2.36 bits per heavy atom. The van der Waals surface area contributed by atoms with Gasteiger partial charge in [0, 0.05) is 29.9 Å². The SMILES string of the molecule is CC1(C)CC(=O)[C@](C)(c2c[nH]cc2C(=O)c2ccccc2)C1. The van der Waals surface area contributed by atoms with Crippen molar-refractivity contribution in [3.8, 4) is 0 Å². The number of hydrogen-bond donors (Lipinski definition) is 1. The normalized spacial score (nSPS) is 23.7. The Morgan fingerprint density at radius 2 is 1.77 bits per heavy atom. The van der Waals surface area contributed by atoms with Crippen molar-refractivity contribution in [2.75, 3.05) is 0 Å². The van der Waals surface area contributed by atoms with Crippen LogP contribution in [0.1, 0.15) is 55.1 Å². The van der Waals surface area contributed by atoms with Gasteiger partial charge in [-0.05, 0) is 24.3 Å². The van der Waals surface area contributed by atoms with E-state index in [1.54, 1.807) is 6.20 Å². The Labute approximate surface area is 130 Å². The Balaban J connectivity index is 2.03. The molecule has 1 heterocycles. The van der Waals surface area contributed by atoms with E-state index in [0.717, 1.165) is 12.0 Å². The number of ketones is 2. The molecule has 114 valence electrons. The highest BCUT2D eigenvalue weighted by molar-refractivity contribution is 6.11. The molecule has 1 N–H and O–H groups in total. The molecule has 1 aliphatic carbocycles. The summed E-state index contributed by atoms with van der Waals surface area (Å²) < 4.78 is 0. The maximum absolute atomic E-state index is 12.8. The summed E-state index contributed by atoms with van der Waals surface area (Å²) in [4.78, 5) is 28.4. The van der Waals surface area contributed by atoms with Gasteiger partial charge in [0.05, 0.1) is 5.41 Å². The topological polar surface area (TPSA) is 49.9 Å². The molecule has 3 heteroatoms. The van der Waals surface area contributed by atoms with Gasteiger partial charge in [0.15, 0.2) is 5.78 Å². The van der Waals surface area contributed by atoms with Crippen molar-refractivity contribution in [2.45, 2.75) is 39.0 Å². The fraction of sp³-hybridized carbons (Fsp3) is 0.368. The van der Waals surface area contributed by atoms with Gasteiger partial charge in [0.25, 0.3) is 0 Å². The van der Waals surface area contributed by atoms with E-state index in [2.05, 4.69) is 18.8 Å². The average molecular weight is 295 g/mol. The first kappa shape index (κ1) is 14.8. The Hall–Kier alpha value is -2.16.